The molecule has 0 atom stereocenters. The van der Waals surface area contributed by atoms with E-state index in [9.17, 15) is 4.79 Å². The molecular weight excluding hydrogens is 254 g/mol. The van der Waals surface area contributed by atoms with Crippen molar-refractivity contribution in [3.8, 4) is 5.75 Å². The third kappa shape index (κ3) is 3.97. The fraction of sp³-hybridized carbons (Fsp3) is 0.562. The molecule has 1 aliphatic carbocycles. The Morgan fingerprint density at radius 1 is 1.25 bits per heavy atom. The van der Waals surface area contributed by atoms with Crippen LogP contribution in [0.4, 0.5) is 0 Å². The first kappa shape index (κ1) is 14.9. The summed E-state index contributed by atoms with van der Waals surface area (Å²) < 4.78 is 5.87. The average molecular weight is 277 g/mol. The van der Waals surface area contributed by atoms with Crippen LogP contribution < -0.4 is 10.5 Å². The maximum absolute atomic E-state index is 10.5. The summed E-state index contributed by atoms with van der Waals surface area (Å²) in [6, 6.07) is 7.69. The van der Waals surface area contributed by atoms with Crippen molar-refractivity contribution < 1.29 is 14.6 Å². The highest BCUT2D eigenvalue weighted by Gasteiger charge is 2.33. The highest BCUT2D eigenvalue weighted by Crippen LogP contribution is 2.37. The van der Waals surface area contributed by atoms with Crippen LogP contribution in [0.5, 0.6) is 5.75 Å². The van der Waals surface area contributed by atoms with E-state index in [1.807, 2.05) is 24.3 Å². The van der Waals surface area contributed by atoms with E-state index in [-0.39, 0.29) is 11.8 Å². The van der Waals surface area contributed by atoms with Crippen LogP contribution >= 0.6 is 0 Å². The molecule has 4 heteroatoms. The normalized spacial score (nSPS) is 17.1. The van der Waals surface area contributed by atoms with Crippen molar-refractivity contribution in [3.63, 3.8) is 0 Å². The zero-order chi connectivity index (χ0) is 14.4. The van der Waals surface area contributed by atoms with Gasteiger partial charge in [0.2, 0.25) is 0 Å². The smallest absolute Gasteiger partial charge is 0.303 e. The zero-order valence-corrected chi connectivity index (χ0v) is 11.8. The number of aliphatic carboxylic acids is 1. The van der Waals surface area contributed by atoms with Crippen LogP contribution in [0.3, 0.4) is 0 Å². The van der Waals surface area contributed by atoms with Gasteiger partial charge in [-0.05, 0) is 37.0 Å². The van der Waals surface area contributed by atoms with E-state index >= 15 is 0 Å². The Hall–Kier alpha value is -1.55. The number of nitrogens with two attached hydrogens (primary N) is 1. The minimum absolute atomic E-state index is 0.155. The van der Waals surface area contributed by atoms with Gasteiger partial charge in [0.1, 0.15) is 5.75 Å². The van der Waals surface area contributed by atoms with E-state index < -0.39 is 5.97 Å². The fourth-order valence-electron chi connectivity index (χ4n) is 2.77. The topological polar surface area (TPSA) is 72.5 Å². The van der Waals surface area contributed by atoms with Crippen molar-refractivity contribution in [3.05, 3.63) is 29.8 Å². The quantitative estimate of drug-likeness (QED) is 0.803. The van der Waals surface area contributed by atoms with E-state index in [4.69, 9.17) is 15.6 Å². The summed E-state index contributed by atoms with van der Waals surface area (Å²) in [6.45, 7) is 1.36. The maximum Gasteiger partial charge on any atom is 0.303 e. The van der Waals surface area contributed by atoms with Gasteiger partial charge in [0.15, 0.2) is 0 Å². The maximum atomic E-state index is 10.5. The molecular formula is C16H23NO3. The highest BCUT2D eigenvalue weighted by atomic mass is 16.5. The van der Waals surface area contributed by atoms with Crippen LogP contribution in [0.15, 0.2) is 24.3 Å². The van der Waals surface area contributed by atoms with Crippen molar-refractivity contribution in [2.45, 2.75) is 38.5 Å². The number of aryl methyl sites for hydroxylation is 1. The lowest BCUT2D eigenvalue weighted by Crippen LogP contribution is -2.33. The first-order valence-corrected chi connectivity index (χ1v) is 7.27. The van der Waals surface area contributed by atoms with Gasteiger partial charge in [-0.2, -0.15) is 0 Å². The largest absolute Gasteiger partial charge is 0.493 e. The lowest BCUT2D eigenvalue weighted by molar-refractivity contribution is -0.136. The third-order valence-corrected chi connectivity index (χ3v) is 4.19. The Morgan fingerprint density at radius 2 is 1.90 bits per heavy atom. The van der Waals surface area contributed by atoms with Gasteiger partial charge in [-0.25, -0.2) is 0 Å². The van der Waals surface area contributed by atoms with Gasteiger partial charge < -0.3 is 15.6 Å². The van der Waals surface area contributed by atoms with E-state index in [0.29, 0.717) is 19.6 Å². The van der Waals surface area contributed by atoms with Gasteiger partial charge in [-0.15, -0.1) is 0 Å². The summed E-state index contributed by atoms with van der Waals surface area (Å²) in [4.78, 5) is 10.5. The molecule has 0 unspecified atom stereocenters. The number of carboxylic acid groups (broad SMARTS) is 1. The van der Waals surface area contributed by atoms with Crippen molar-refractivity contribution in [1.29, 1.82) is 0 Å². The van der Waals surface area contributed by atoms with Crippen LogP contribution in [0.1, 0.15) is 37.7 Å². The van der Waals surface area contributed by atoms with Gasteiger partial charge in [-0.1, -0.05) is 25.0 Å². The van der Waals surface area contributed by atoms with E-state index in [1.165, 1.54) is 12.8 Å². The molecule has 0 aromatic heterocycles. The lowest BCUT2D eigenvalue weighted by Gasteiger charge is -2.27. The number of rotatable bonds is 7. The van der Waals surface area contributed by atoms with Gasteiger partial charge in [0.25, 0.3) is 0 Å². The first-order valence-electron chi connectivity index (χ1n) is 7.27. The molecule has 0 bridgehead atoms. The molecule has 110 valence electrons. The Labute approximate surface area is 119 Å². The highest BCUT2D eigenvalue weighted by molar-refractivity contribution is 5.67. The molecule has 1 saturated carbocycles. The van der Waals surface area contributed by atoms with Gasteiger partial charge in [-0.3, -0.25) is 4.79 Å². The fourth-order valence-corrected chi connectivity index (χ4v) is 2.77. The Bertz CT molecular complexity index is 436. The van der Waals surface area contributed by atoms with Gasteiger partial charge in [0.05, 0.1) is 6.61 Å². The first-order chi connectivity index (χ1) is 9.63. The molecule has 0 radical (unpaired) electrons. The predicted octanol–water partition coefficient (Wildman–Crippen LogP) is 2.60. The molecule has 0 saturated heterocycles. The lowest BCUT2D eigenvalue weighted by atomic mass is 9.87. The Balaban J connectivity index is 1.85. The molecule has 3 N–H and O–H groups in total. The second kappa shape index (κ2) is 6.75. The monoisotopic (exact) mass is 277 g/mol. The molecule has 1 aromatic carbocycles. The van der Waals surface area contributed by atoms with E-state index in [1.54, 1.807) is 0 Å². The third-order valence-electron chi connectivity index (χ3n) is 4.19. The molecule has 0 spiro atoms. The summed E-state index contributed by atoms with van der Waals surface area (Å²) in [5, 5.41) is 8.65. The number of carboxylic acids is 1. The van der Waals surface area contributed by atoms with Crippen molar-refractivity contribution in [2.24, 2.45) is 11.1 Å². The molecule has 1 fully saturated rings. The van der Waals surface area contributed by atoms with E-state index in [0.717, 1.165) is 24.2 Å². The number of hydrogen-bond acceptors (Lipinski definition) is 3. The van der Waals surface area contributed by atoms with Crippen molar-refractivity contribution in [2.75, 3.05) is 13.2 Å². The summed E-state index contributed by atoms with van der Waals surface area (Å²) in [6.07, 6.45) is 5.52. The van der Waals surface area contributed by atoms with Crippen molar-refractivity contribution in [1.82, 2.24) is 0 Å². The minimum atomic E-state index is -0.767. The second-order valence-electron chi connectivity index (χ2n) is 5.74. The molecule has 0 aliphatic heterocycles. The number of carbonyl (C=O) groups is 1. The molecule has 4 nitrogen and oxygen atoms in total. The standard InChI is InChI=1S/C16H23NO3/c17-11-16(9-1-2-10-16)12-20-14-6-3-13(4-7-14)5-8-15(18)19/h3-4,6-7H,1-2,5,8-12,17H2,(H,18,19). The molecule has 0 amide bonds. The van der Waals surface area contributed by atoms with Crippen molar-refractivity contribution >= 4 is 5.97 Å². The summed E-state index contributed by atoms with van der Waals surface area (Å²) in [5.74, 6) is 0.0697. The van der Waals surface area contributed by atoms with Crippen LogP contribution in [0.25, 0.3) is 0 Å². The summed E-state index contributed by atoms with van der Waals surface area (Å²) in [7, 11) is 0. The Morgan fingerprint density at radius 3 is 2.45 bits per heavy atom. The van der Waals surface area contributed by atoms with Crippen LogP contribution in [0.2, 0.25) is 0 Å². The molecule has 0 heterocycles. The van der Waals surface area contributed by atoms with Crippen LogP contribution in [-0.2, 0) is 11.2 Å². The van der Waals surface area contributed by atoms with Gasteiger partial charge >= 0.3 is 5.97 Å². The number of ether oxygens (including phenoxy) is 1. The number of benzene rings is 1. The average Bonchev–Trinajstić information content (AvgIpc) is 2.93. The van der Waals surface area contributed by atoms with Gasteiger partial charge in [0, 0.05) is 18.4 Å². The summed E-state index contributed by atoms with van der Waals surface area (Å²) in [5.41, 5.74) is 7.07. The van der Waals surface area contributed by atoms with Crippen LogP contribution in [0, 0.1) is 5.41 Å². The molecule has 20 heavy (non-hydrogen) atoms. The second-order valence-corrected chi connectivity index (χ2v) is 5.74. The zero-order valence-electron chi connectivity index (χ0n) is 11.8. The molecule has 1 aliphatic rings. The molecule has 2 rings (SSSR count). The predicted molar refractivity (Wildman–Crippen MR) is 77.8 cm³/mol. The number of hydrogen-bond donors (Lipinski definition) is 2. The molecule has 1 aromatic rings. The minimum Gasteiger partial charge on any atom is -0.493 e. The SMILES string of the molecule is NCC1(COc2ccc(CCC(=O)O)cc2)CCCC1. The summed E-state index contributed by atoms with van der Waals surface area (Å²) >= 11 is 0. The van der Waals surface area contributed by atoms with E-state index in [2.05, 4.69) is 0 Å². The van der Waals surface area contributed by atoms with Crippen LogP contribution in [-0.4, -0.2) is 24.2 Å². The Kier molecular flexibility index (Phi) is 5.01.